The fraction of sp³-hybridized carbons (Fsp3) is 0.471. The molecular formula is C17H22N4O2. The van der Waals surface area contributed by atoms with E-state index in [0.717, 1.165) is 30.1 Å². The molecule has 0 aliphatic carbocycles. The molecule has 0 N–H and O–H groups in total. The maximum atomic E-state index is 11.1. The molecule has 1 aliphatic rings. The van der Waals surface area contributed by atoms with E-state index in [2.05, 4.69) is 29.4 Å². The SMILES string of the molecule is CC(C)=CCn1c(N2CCCCC2)nc2ccc([N+](=O)[O-])cc21. The van der Waals surface area contributed by atoms with Crippen molar-refractivity contribution in [3.05, 3.63) is 40.0 Å². The van der Waals surface area contributed by atoms with Crippen LogP contribution in [0.5, 0.6) is 0 Å². The van der Waals surface area contributed by atoms with E-state index in [1.54, 1.807) is 12.1 Å². The third kappa shape index (κ3) is 3.21. The van der Waals surface area contributed by atoms with Gasteiger partial charge in [0.2, 0.25) is 5.95 Å². The molecule has 0 radical (unpaired) electrons. The van der Waals surface area contributed by atoms with Gasteiger partial charge in [0.25, 0.3) is 5.69 Å². The van der Waals surface area contributed by atoms with Gasteiger partial charge in [-0.25, -0.2) is 4.98 Å². The first-order chi connectivity index (χ1) is 11.1. The number of piperidine rings is 1. The molecule has 0 atom stereocenters. The Morgan fingerprint density at radius 2 is 2.04 bits per heavy atom. The van der Waals surface area contributed by atoms with Crippen LogP contribution in [-0.2, 0) is 6.54 Å². The monoisotopic (exact) mass is 314 g/mol. The third-order valence-corrected chi connectivity index (χ3v) is 4.24. The molecule has 0 unspecified atom stereocenters. The predicted molar refractivity (Wildman–Crippen MR) is 91.9 cm³/mol. The summed E-state index contributed by atoms with van der Waals surface area (Å²) in [6, 6.07) is 4.91. The van der Waals surface area contributed by atoms with Crippen LogP contribution in [-0.4, -0.2) is 27.6 Å². The fourth-order valence-electron chi connectivity index (χ4n) is 3.00. The Bertz CT molecular complexity index is 753. The Labute approximate surface area is 135 Å². The van der Waals surface area contributed by atoms with Crippen molar-refractivity contribution in [3.8, 4) is 0 Å². The summed E-state index contributed by atoms with van der Waals surface area (Å²) >= 11 is 0. The fourth-order valence-corrected chi connectivity index (χ4v) is 3.00. The van der Waals surface area contributed by atoms with Crippen LogP contribution in [0.2, 0.25) is 0 Å². The summed E-state index contributed by atoms with van der Waals surface area (Å²) in [4.78, 5) is 17.8. The maximum absolute atomic E-state index is 11.1. The molecule has 2 heterocycles. The van der Waals surface area contributed by atoms with Gasteiger partial charge in [-0.1, -0.05) is 11.6 Å². The van der Waals surface area contributed by atoms with Crippen molar-refractivity contribution in [1.29, 1.82) is 0 Å². The number of imidazole rings is 1. The highest BCUT2D eigenvalue weighted by Gasteiger charge is 2.20. The zero-order chi connectivity index (χ0) is 16.4. The van der Waals surface area contributed by atoms with Gasteiger partial charge in [-0.3, -0.25) is 10.1 Å². The van der Waals surface area contributed by atoms with E-state index in [4.69, 9.17) is 4.98 Å². The average Bonchev–Trinajstić information content (AvgIpc) is 2.91. The number of aromatic nitrogens is 2. The second-order valence-corrected chi connectivity index (χ2v) is 6.28. The Morgan fingerprint density at radius 1 is 1.30 bits per heavy atom. The molecule has 1 aromatic heterocycles. The van der Waals surface area contributed by atoms with Crippen molar-refractivity contribution in [2.75, 3.05) is 18.0 Å². The zero-order valence-corrected chi connectivity index (χ0v) is 13.7. The highest BCUT2D eigenvalue weighted by molar-refractivity contribution is 5.81. The van der Waals surface area contributed by atoms with Crippen LogP contribution >= 0.6 is 0 Å². The lowest BCUT2D eigenvalue weighted by atomic mass is 10.1. The van der Waals surface area contributed by atoms with Crippen LogP contribution in [0.25, 0.3) is 11.0 Å². The molecule has 23 heavy (non-hydrogen) atoms. The van der Waals surface area contributed by atoms with Gasteiger partial charge in [-0.2, -0.15) is 0 Å². The molecule has 122 valence electrons. The van der Waals surface area contributed by atoms with Crippen LogP contribution in [0.4, 0.5) is 11.6 Å². The van der Waals surface area contributed by atoms with Crippen molar-refractivity contribution in [1.82, 2.24) is 9.55 Å². The van der Waals surface area contributed by atoms with E-state index in [1.807, 2.05) is 0 Å². The van der Waals surface area contributed by atoms with Gasteiger partial charge in [0, 0.05) is 31.8 Å². The summed E-state index contributed by atoms with van der Waals surface area (Å²) in [6.07, 6.45) is 5.74. The summed E-state index contributed by atoms with van der Waals surface area (Å²) in [6.45, 7) is 6.80. The maximum Gasteiger partial charge on any atom is 0.271 e. The summed E-state index contributed by atoms with van der Waals surface area (Å²) in [5, 5.41) is 11.1. The van der Waals surface area contributed by atoms with Gasteiger partial charge in [-0.05, 0) is 39.2 Å². The van der Waals surface area contributed by atoms with Crippen molar-refractivity contribution in [3.63, 3.8) is 0 Å². The van der Waals surface area contributed by atoms with Crippen LogP contribution < -0.4 is 4.90 Å². The molecule has 2 aromatic rings. The lowest BCUT2D eigenvalue weighted by Crippen LogP contribution is -2.31. The van der Waals surface area contributed by atoms with E-state index >= 15 is 0 Å². The minimum absolute atomic E-state index is 0.112. The first-order valence-electron chi connectivity index (χ1n) is 8.09. The molecule has 0 spiro atoms. The van der Waals surface area contributed by atoms with E-state index in [1.165, 1.54) is 30.9 Å². The second-order valence-electron chi connectivity index (χ2n) is 6.28. The smallest absolute Gasteiger partial charge is 0.271 e. The van der Waals surface area contributed by atoms with Crippen molar-refractivity contribution in [2.24, 2.45) is 0 Å². The standard InChI is InChI=1S/C17H22N4O2/c1-13(2)8-11-20-16-12-14(21(22)23)6-7-15(16)18-17(20)19-9-4-3-5-10-19/h6-8,12H,3-5,9-11H2,1-2H3. The predicted octanol–water partition coefficient (Wildman–Crippen LogP) is 3.90. The topological polar surface area (TPSA) is 64.2 Å². The number of non-ortho nitro benzene ring substituents is 1. The largest absolute Gasteiger partial charge is 0.342 e. The number of fused-ring (bicyclic) bond motifs is 1. The number of benzene rings is 1. The first kappa shape index (κ1) is 15.5. The second kappa shape index (κ2) is 6.40. The molecule has 6 heteroatoms. The van der Waals surface area contributed by atoms with Gasteiger partial charge in [0.1, 0.15) is 0 Å². The molecule has 1 fully saturated rings. The minimum atomic E-state index is -0.349. The van der Waals surface area contributed by atoms with Gasteiger partial charge in [-0.15, -0.1) is 0 Å². The Hall–Kier alpha value is -2.37. The van der Waals surface area contributed by atoms with Crippen molar-refractivity contribution < 1.29 is 4.92 Å². The number of allylic oxidation sites excluding steroid dienone is 2. The molecule has 1 aromatic carbocycles. The number of hydrogen-bond acceptors (Lipinski definition) is 4. The number of hydrogen-bond donors (Lipinski definition) is 0. The van der Waals surface area contributed by atoms with E-state index in [9.17, 15) is 10.1 Å². The van der Waals surface area contributed by atoms with E-state index in [-0.39, 0.29) is 10.6 Å². The Morgan fingerprint density at radius 3 is 2.70 bits per heavy atom. The van der Waals surface area contributed by atoms with Crippen LogP contribution in [0.1, 0.15) is 33.1 Å². The highest BCUT2D eigenvalue weighted by Crippen LogP contribution is 2.28. The average molecular weight is 314 g/mol. The Kier molecular flexibility index (Phi) is 4.32. The summed E-state index contributed by atoms with van der Waals surface area (Å²) in [7, 11) is 0. The molecule has 6 nitrogen and oxygen atoms in total. The van der Waals surface area contributed by atoms with Gasteiger partial charge in [0.15, 0.2) is 0 Å². The number of rotatable bonds is 4. The quantitative estimate of drug-likeness (QED) is 0.488. The molecule has 1 aliphatic heterocycles. The number of anilines is 1. The van der Waals surface area contributed by atoms with Crippen LogP contribution in [0.15, 0.2) is 29.8 Å². The number of nitro groups is 1. The summed E-state index contributed by atoms with van der Waals surface area (Å²) < 4.78 is 2.10. The summed E-state index contributed by atoms with van der Waals surface area (Å²) in [5.41, 5.74) is 2.98. The molecule has 0 saturated carbocycles. The molecule has 0 bridgehead atoms. The van der Waals surface area contributed by atoms with Crippen molar-refractivity contribution in [2.45, 2.75) is 39.7 Å². The number of nitrogens with zero attached hydrogens (tertiary/aromatic N) is 4. The highest BCUT2D eigenvalue weighted by atomic mass is 16.6. The van der Waals surface area contributed by atoms with Gasteiger partial charge < -0.3 is 9.47 Å². The Balaban J connectivity index is 2.11. The lowest BCUT2D eigenvalue weighted by Gasteiger charge is -2.28. The first-order valence-corrected chi connectivity index (χ1v) is 8.09. The van der Waals surface area contributed by atoms with E-state index < -0.39 is 0 Å². The lowest BCUT2D eigenvalue weighted by molar-refractivity contribution is -0.384. The zero-order valence-electron chi connectivity index (χ0n) is 13.7. The van der Waals surface area contributed by atoms with Gasteiger partial charge in [0.05, 0.1) is 16.0 Å². The third-order valence-electron chi connectivity index (χ3n) is 4.24. The number of nitro benzene ring substituents is 1. The van der Waals surface area contributed by atoms with Crippen LogP contribution in [0, 0.1) is 10.1 Å². The summed E-state index contributed by atoms with van der Waals surface area (Å²) in [5.74, 6) is 0.928. The minimum Gasteiger partial charge on any atom is -0.342 e. The van der Waals surface area contributed by atoms with Gasteiger partial charge >= 0.3 is 0 Å². The molecule has 1 saturated heterocycles. The van der Waals surface area contributed by atoms with Crippen molar-refractivity contribution >= 4 is 22.7 Å². The molecule has 3 rings (SSSR count). The molecular weight excluding hydrogens is 292 g/mol. The molecule has 0 amide bonds. The van der Waals surface area contributed by atoms with Crippen LogP contribution in [0.3, 0.4) is 0 Å². The van der Waals surface area contributed by atoms with E-state index in [0.29, 0.717) is 6.54 Å². The normalized spacial score (nSPS) is 15.0.